The Kier molecular flexibility index (Phi) is 3.51. The molecule has 1 aliphatic heterocycles. The van der Waals surface area contributed by atoms with E-state index in [1.807, 2.05) is 18.3 Å². The van der Waals surface area contributed by atoms with Crippen molar-refractivity contribution < 1.29 is 9.53 Å². The first-order valence-electron chi connectivity index (χ1n) is 5.57. The van der Waals surface area contributed by atoms with Gasteiger partial charge < -0.3 is 10.1 Å². The maximum Gasteiger partial charge on any atom is 0.222 e. The molecule has 86 valence electrons. The van der Waals surface area contributed by atoms with Crippen molar-refractivity contribution in [2.75, 3.05) is 18.5 Å². The third kappa shape index (κ3) is 2.79. The van der Waals surface area contributed by atoms with Crippen molar-refractivity contribution in [3.63, 3.8) is 0 Å². The number of carbonyl (C=O) groups is 1. The fourth-order valence-corrected chi connectivity index (χ4v) is 1.93. The van der Waals surface area contributed by atoms with E-state index in [0.717, 1.165) is 26.1 Å². The Labute approximate surface area is 95.0 Å². The minimum atomic E-state index is -0.0914. The Hall–Kier alpha value is -1.42. The third-order valence-electron chi connectivity index (χ3n) is 2.78. The number of nitrogens with one attached hydrogen (secondary N) is 1. The van der Waals surface area contributed by atoms with Crippen LogP contribution in [0.15, 0.2) is 18.3 Å². The van der Waals surface area contributed by atoms with Gasteiger partial charge in [-0.15, -0.1) is 0 Å². The van der Waals surface area contributed by atoms with Gasteiger partial charge in [-0.1, -0.05) is 6.07 Å². The van der Waals surface area contributed by atoms with Crippen LogP contribution in [0.25, 0.3) is 0 Å². The van der Waals surface area contributed by atoms with Crippen LogP contribution in [0.5, 0.6) is 0 Å². The summed E-state index contributed by atoms with van der Waals surface area (Å²) in [6.45, 7) is 3.14. The molecule has 2 heterocycles. The lowest BCUT2D eigenvalue weighted by molar-refractivity contribution is -0.114. The van der Waals surface area contributed by atoms with E-state index in [0.29, 0.717) is 11.7 Å². The highest BCUT2D eigenvalue weighted by Crippen LogP contribution is 2.26. The molecule has 1 aromatic rings. The summed E-state index contributed by atoms with van der Waals surface area (Å²) in [4.78, 5) is 15.1. The van der Waals surface area contributed by atoms with Crippen LogP contribution in [0.4, 0.5) is 5.82 Å². The maximum atomic E-state index is 10.8. The number of hydrogen-bond acceptors (Lipinski definition) is 3. The highest BCUT2D eigenvalue weighted by atomic mass is 16.5. The van der Waals surface area contributed by atoms with Gasteiger partial charge in [-0.05, 0) is 30.4 Å². The smallest absolute Gasteiger partial charge is 0.222 e. The number of rotatable bonds is 2. The van der Waals surface area contributed by atoms with Gasteiger partial charge in [-0.25, -0.2) is 4.98 Å². The van der Waals surface area contributed by atoms with Crippen LogP contribution < -0.4 is 5.32 Å². The number of nitrogens with zero attached hydrogens (tertiary/aromatic N) is 1. The summed E-state index contributed by atoms with van der Waals surface area (Å²) >= 11 is 0. The molecule has 0 bridgehead atoms. The van der Waals surface area contributed by atoms with E-state index < -0.39 is 0 Å². The van der Waals surface area contributed by atoms with Crippen molar-refractivity contribution in [3.8, 4) is 0 Å². The molecule has 1 amide bonds. The number of pyridine rings is 1. The van der Waals surface area contributed by atoms with Gasteiger partial charge in [-0.2, -0.15) is 0 Å². The molecule has 4 nitrogen and oxygen atoms in total. The molecule has 0 radical (unpaired) electrons. The van der Waals surface area contributed by atoms with Gasteiger partial charge in [0.15, 0.2) is 0 Å². The number of carbonyl (C=O) groups excluding carboxylic acids is 1. The summed E-state index contributed by atoms with van der Waals surface area (Å²) in [5.74, 6) is 1.07. The van der Waals surface area contributed by atoms with Gasteiger partial charge in [0.1, 0.15) is 5.82 Å². The molecular formula is C12H16N2O2. The number of hydrogen-bond donors (Lipinski definition) is 1. The van der Waals surface area contributed by atoms with Crippen LogP contribution in [-0.4, -0.2) is 24.1 Å². The largest absolute Gasteiger partial charge is 0.381 e. The van der Waals surface area contributed by atoms with Gasteiger partial charge in [-0.3, -0.25) is 4.79 Å². The Balaban J connectivity index is 2.03. The van der Waals surface area contributed by atoms with Gasteiger partial charge in [0.2, 0.25) is 5.91 Å². The number of aromatic nitrogens is 1. The SMILES string of the molecule is CC(=O)Nc1ccc(C2CCOCC2)cn1. The topological polar surface area (TPSA) is 51.2 Å². The van der Waals surface area contributed by atoms with E-state index in [1.54, 1.807) is 0 Å². The van der Waals surface area contributed by atoms with E-state index in [2.05, 4.69) is 10.3 Å². The third-order valence-corrected chi connectivity index (χ3v) is 2.78. The molecule has 16 heavy (non-hydrogen) atoms. The zero-order valence-corrected chi connectivity index (χ0v) is 9.40. The first kappa shape index (κ1) is 11.1. The Morgan fingerprint density at radius 3 is 2.75 bits per heavy atom. The number of anilines is 1. The monoisotopic (exact) mass is 220 g/mol. The minimum absolute atomic E-state index is 0.0914. The predicted octanol–water partition coefficient (Wildman–Crippen LogP) is 1.93. The second-order valence-corrected chi connectivity index (χ2v) is 4.04. The summed E-state index contributed by atoms with van der Waals surface area (Å²) in [5.41, 5.74) is 1.23. The van der Waals surface area contributed by atoms with Crippen molar-refractivity contribution in [1.82, 2.24) is 4.98 Å². The number of ether oxygens (including phenoxy) is 1. The summed E-state index contributed by atoms with van der Waals surface area (Å²) in [6.07, 6.45) is 3.96. The van der Waals surface area contributed by atoms with E-state index in [4.69, 9.17) is 4.74 Å². The average molecular weight is 220 g/mol. The van der Waals surface area contributed by atoms with E-state index in [1.165, 1.54) is 12.5 Å². The van der Waals surface area contributed by atoms with Crippen molar-refractivity contribution >= 4 is 11.7 Å². The maximum absolute atomic E-state index is 10.8. The summed E-state index contributed by atoms with van der Waals surface area (Å²) < 4.78 is 5.32. The van der Waals surface area contributed by atoms with Crippen LogP contribution in [0.1, 0.15) is 31.2 Å². The molecule has 0 atom stereocenters. The molecule has 1 aliphatic rings. The lowest BCUT2D eigenvalue weighted by atomic mass is 9.93. The van der Waals surface area contributed by atoms with E-state index in [-0.39, 0.29) is 5.91 Å². The van der Waals surface area contributed by atoms with Crippen molar-refractivity contribution in [2.24, 2.45) is 0 Å². The van der Waals surface area contributed by atoms with Crippen LogP contribution >= 0.6 is 0 Å². The minimum Gasteiger partial charge on any atom is -0.381 e. The van der Waals surface area contributed by atoms with Crippen LogP contribution in [0, 0.1) is 0 Å². The standard InChI is InChI=1S/C12H16N2O2/c1-9(15)14-12-3-2-11(8-13-12)10-4-6-16-7-5-10/h2-3,8,10H,4-7H2,1H3,(H,13,14,15). The zero-order chi connectivity index (χ0) is 11.4. The van der Waals surface area contributed by atoms with Gasteiger partial charge in [0, 0.05) is 26.3 Å². The average Bonchev–Trinajstić information content (AvgIpc) is 2.30. The van der Waals surface area contributed by atoms with E-state index in [9.17, 15) is 4.79 Å². The summed E-state index contributed by atoms with van der Waals surface area (Å²) in [5, 5.41) is 2.66. The Morgan fingerprint density at radius 1 is 1.44 bits per heavy atom. The van der Waals surface area contributed by atoms with Crippen molar-refractivity contribution in [1.29, 1.82) is 0 Å². The fourth-order valence-electron chi connectivity index (χ4n) is 1.93. The van der Waals surface area contributed by atoms with Crippen LogP contribution in [-0.2, 0) is 9.53 Å². The molecule has 0 spiro atoms. The zero-order valence-electron chi connectivity index (χ0n) is 9.40. The highest BCUT2D eigenvalue weighted by Gasteiger charge is 2.15. The van der Waals surface area contributed by atoms with E-state index >= 15 is 0 Å². The van der Waals surface area contributed by atoms with Crippen molar-refractivity contribution in [3.05, 3.63) is 23.9 Å². The first-order chi connectivity index (χ1) is 7.75. The molecule has 1 N–H and O–H groups in total. The fraction of sp³-hybridized carbons (Fsp3) is 0.500. The molecular weight excluding hydrogens is 204 g/mol. The molecule has 0 unspecified atom stereocenters. The normalized spacial score (nSPS) is 17.1. The molecule has 1 saturated heterocycles. The van der Waals surface area contributed by atoms with Crippen LogP contribution in [0.3, 0.4) is 0 Å². The second kappa shape index (κ2) is 5.07. The molecule has 1 fully saturated rings. The Bertz CT molecular complexity index is 356. The molecule has 0 aromatic carbocycles. The Morgan fingerprint density at radius 2 is 2.19 bits per heavy atom. The molecule has 0 aliphatic carbocycles. The number of amides is 1. The molecule has 0 saturated carbocycles. The first-order valence-corrected chi connectivity index (χ1v) is 5.57. The molecule has 2 rings (SSSR count). The van der Waals surface area contributed by atoms with Gasteiger partial charge in [0.05, 0.1) is 0 Å². The second-order valence-electron chi connectivity index (χ2n) is 4.04. The predicted molar refractivity (Wildman–Crippen MR) is 61.3 cm³/mol. The molecule has 1 aromatic heterocycles. The lowest BCUT2D eigenvalue weighted by Crippen LogP contribution is -2.14. The quantitative estimate of drug-likeness (QED) is 0.828. The lowest BCUT2D eigenvalue weighted by Gasteiger charge is -2.22. The van der Waals surface area contributed by atoms with Crippen molar-refractivity contribution in [2.45, 2.75) is 25.7 Å². The molecule has 4 heteroatoms. The summed E-state index contributed by atoms with van der Waals surface area (Å²) in [7, 11) is 0. The summed E-state index contributed by atoms with van der Waals surface area (Å²) in [6, 6.07) is 3.89. The van der Waals surface area contributed by atoms with Crippen LogP contribution in [0.2, 0.25) is 0 Å². The highest BCUT2D eigenvalue weighted by molar-refractivity contribution is 5.87. The van der Waals surface area contributed by atoms with Gasteiger partial charge in [0.25, 0.3) is 0 Å². The van der Waals surface area contributed by atoms with Gasteiger partial charge >= 0.3 is 0 Å².